The highest BCUT2D eigenvalue weighted by atomic mass is 32.2. The number of terminal acetylenes is 1. The van der Waals surface area contributed by atoms with Gasteiger partial charge in [-0.05, 0) is 24.1 Å². The predicted molar refractivity (Wildman–Crippen MR) is 65.2 cm³/mol. The molecule has 0 unspecified atom stereocenters. The van der Waals surface area contributed by atoms with Gasteiger partial charge in [0.1, 0.15) is 5.82 Å². The maximum absolute atomic E-state index is 13.3. The number of benzene rings is 1. The molecule has 0 aliphatic heterocycles. The minimum atomic E-state index is -3.48. The van der Waals surface area contributed by atoms with Gasteiger partial charge in [0.2, 0.25) is 10.0 Å². The molecule has 5 heteroatoms. The van der Waals surface area contributed by atoms with E-state index in [0.717, 1.165) is 4.31 Å². The summed E-state index contributed by atoms with van der Waals surface area (Å²) in [5.74, 6) is 1.60. The van der Waals surface area contributed by atoms with Gasteiger partial charge in [-0.1, -0.05) is 18.1 Å². The fraction of sp³-hybridized carbons (Fsp3) is 0.333. The van der Waals surface area contributed by atoms with Gasteiger partial charge in [0.25, 0.3) is 0 Å². The minimum Gasteiger partial charge on any atom is -0.212 e. The molecular weight excluding hydrogens is 241 g/mol. The summed E-state index contributed by atoms with van der Waals surface area (Å²) < 4.78 is 37.9. The summed E-state index contributed by atoms with van der Waals surface area (Å²) in [6.45, 7) is 1.63. The number of rotatable bonds is 4. The first kappa shape index (κ1) is 13.7. The average Bonchev–Trinajstić information content (AvgIpc) is 2.23. The highest BCUT2D eigenvalue weighted by Gasteiger charge is 2.17. The van der Waals surface area contributed by atoms with Crippen molar-refractivity contribution in [1.29, 1.82) is 0 Å². The summed E-state index contributed by atoms with van der Waals surface area (Å²) in [6, 6.07) is 4.39. The van der Waals surface area contributed by atoms with Crippen molar-refractivity contribution in [3.05, 3.63) is 35.1 Å². The number of hydrogen-bond donors (Lipinski definition) is 0. The van der Waals surface area contributed by atoms with Crippen LogP contribution in [-0.2, 0) is 15.8 Å². The average molecular weight is 255 g/mol. The second-order valence-corrected chi connectivity index (χ2v) is 5.88. The van der Waals surface area contributed by atoms with Crippen LogP contribution in [0.1, 0.15) is 11.1 Å². The molecule has 0 atom stereocenters. The monoisotopic (exact) mass is 255 g/mol. The molecule has 3 nitrogen and oxygen atoms in total. The first-order valence-corrected chi connectivity index (χ1v) is 6.60. The fourth-order valence-electron chi connectivity index (χ4n) is 1.27. The van der Waals surface area contributed by atoms with E-state index in [-0.39, 0.29) is 12.3 Å². The van der Waals surface area contributed by atoms with Crippen LogP contribution in [0.3, 0.4) is 0 Å². The van der Waals surface area contributed by atoms with E-state index in [0.29, 0.717) is 11.1 Å². The molecule has 0 heterocycles. The molecule has 0 fully saturated rings. The van der Waals surface area contributed by atoms with Crippen LogP contribution in [0.2, 0.25) is 0 Å². The lowest BCUT2D eigenvalue weighted by Crippen LogP contribution is -2.28. The van der Waals surface area contributed by atoms with E-state index >= 15 is 0 Å². The van der Waals surface area contributed by atoms with Crippen LogP contribution in [0.25, 0.3) is 0 Å². The lowest BCUT2D eigenvalue weighted by atomic mass is 10.2. The van der Waals surface area contributed by atoms with E-state index in [1.807, 2.05) is 0 Å². The van der Waals surface area contributed by atoms with Gasteiger partial charge in [-0.25, -0.2) is 12.8 Å². The van der Waals surface area contributed by atoms with Crippen molar-refractivity contribution in [2.75, 3.05) is 13.6 Å². The van der Waals surface area contributed by atoms with Gasteiger partial charge in [0.15, 0.2) is 0 Å². The van der Waals surface area contributed by atoms with E-state index in [1.165, 1.54) is 13.1 Å². The lowest BCUT2D eigenvalue weighted by molar-refractivity contribution is 0.502. The summed E-state index contributed by atoms with van der Waals surface area (Å²) in [5.41, 5.74) is 0.903. The molecule has 1 rings (SSSR count). The predicted octanol–water partition coefficient (Wildman–Crippen LogP) is 1.53. The molecule has 0 N–H and O–H groups in total. The Morgan fingerprint density at radius 1 is 1.47 bits per heavy atom. The van der Waals surface area contributed by atoms with Crippen LogP contribution < -0.4 is 0 Å². The second-order valence-electron chi connectivity index (χ2n) is 3.80. The Kier molecular flexibility index (Phi) is 4.27. The molecule has 0 saturated carbocycles. The number of sulfonamides is 1. The topological polar surface area (TPSA) is 37.4 Å². The number of aryl methyl sites for hydroxylation is 1. The molecule has 0 aliphatic rings. The van der Waals surface area contributed by atoms with Gasteiger partial charge in [0, 0.05) is 7.05 Å². The van der Waals surface area contributed by atoms with Crippen molar-refractivity contribution in [3.63, 3.8) is 0 Å². The van der Waals surface area contributed by atoms with Gasteiger partial charge < -0.3 is 0 Å². The highest BCUT2D eigenvalue weighted by Crippen LogP contribution is 2.13. The molecule has 0 radical (unpaired) electrons. The standard InChI is InChI=1S/C12H14FNO2S/c1-4-7-14(3)17(15,16)9-11-6-5-10(2)12(13)8-11/h1,5-6,8H,7,9H2,2-3H3. The first-order valence-electron chi connectivity index (χ1n) is 4.99. The Morgan fingerprint density at radius 2 is 2.12 bits per heavy atom. The molecule has 0 aromatic heterocycles. The van der Waals surface area contributed by atoms with Crippen molar-refractivity contribution in [2.45, 2.75) is 12.7 Å². The van der Waals surface area contributed by atoms with E-state index in [9.17, 15) is 12.8 Å². The zero-order valence-corrected chi connectivity index (χ0v) is 10.6. The van der Waals surface area contributed by atoms with Gasteiger partial charge in [-0.15, -0.1) is 6.42 Å². The smallest absolute Gasteiger partial charge is 0.212 e. The van der Waals surface area contributed by atoms with Crippen molar-refractivity contribution in [2.24, 2.45) is 0 Å². The van der Waals surface area contributed by atoms with Gasteiger partial charge in [-0.3, -0.25) is 0 Å². The first-order chi connectivity index (χ1) is 7.86. The van der Waals surface area contributed by atoms with Crippen molar-refractivity contribution in [1.82, 2.24) is 4.31 Å². The number of hydrogen-bond acceptors (Lipinski definition) is 2. The summed E-state index contributed by atoms with van der Waals surface area (Å²) in [7, 11) is -2.08. The van der Waals surface area contributed by atoms with Crippen molar-refractivity contribution in [3.8, 4) is 12.3 Å². The Balaban J connectivity index is 2.91. The molecule has 17 heavy (non-hydrogen) atoms. The van der Waals surface area contributed by atoms with Crippen LogP contribution in [0.4, 0.5) is 4.39 Å². The van der Waals surface area contributed by atoms with Crippen LogP contribution in [-0.4, -0.2) is 26.3 Å². The van der Waals surface area contributed by atoms with E-state index < -0.39 is 15.8 Å². The van der Waals surface area contributed by atoms with E-state index in [4.69, 9.17) is 6.42 Å². The minimum absolute atomic E-state index is 0.0106. The fourth-order valence-corrected chi connectivity index (χ4v) is 2.37. The molecule has 92 valence electrons. The molecule has 0 spiro atoms. The van der Waals surface area contributed by atoms with E-state index in [1.54, 1.807) is 19.1 Å². The molecule has 1 aromatic rings. The zero-order chi connectivity index (χ0) is 13.1. The largest absolute Gasteiger partial charge is 0.218 e. The van der Waals surface area contributed by atoms with Gasteiger partial charge >= 0.3 is 0 Å². The second kappa shape index (κ2) is 5.30. The molecule has 0 bridgehead atoms. The van der Waals surface area contributed by atoms with Crippen molar-refractivity contribution >= 4 is 10.0 Å². The summed E-state index contributed by atoms with van der Waals surface area (Å²) >= 11 is 0. The Labute approximate surface area is 101 Å². The Bertz CT molecular complexity index is 546. The Hall–Kier alpha value is -1.38. The molecule has 0 saturated heterocycles. The third kappa shape index (κ3) is 3.55. The molecule has 0 amide bonds. The molecular formula is C12H14FNO2S. The number of halogens is 1. The third-order valence-electron chi connectivity index (χ3n) is 2.37. The van der Waals surface area contributed by atoms with Crippen LogP contribution in [0.5, 0.6) is 0 Å². The maximum Gasteiger partial charge on any atom is 0.218 e. The van der Waals surface area contributed by atoms with Gasteiger partial charge in [-0.2, -0.15) is 4.31 Å². The third-order valence-corrected chi connectivity index (χ3v) is 4.15. The highest BCUT2D eigenvalue weighted by molar-refractivity contribution is 7.88. The Morgan fingerprint density at radius 3 is 2.65 bits per heavy atom. The summed E-state index contributed by atoms with van der Waals surface area (Å²) in [5, 5.41) is 0. The molecule has 1 aromatic carbocycles. The van der Waals surface area contributed by atoms with Crippen LogP contribution >= 0.6 is 0 Å². The normalized spacial score (nSPS) is 11.5. The van der Waals surface area contributed by atoms with Gasteiger partial charge in [0.05, 0.1) is 12.3 Å². The van der Waals surface area contributed by atoms with Crippen LogP contribution in [0.15, 0.2) is 18.2 Å². The van der Waals surface area contributed by atoms with Crippen LogP contribution in [0, 0.1) is 25.1 Å². The summed E-state index contributed by atoms with van der Waals surface area (Å²) in [4.78, 5) is 0. The molecule has 0 aliphatic carbocycles. The quantitative estimate of drug-likeness (QED) is 0.765. The maximum atomic E-state index is 13.3. The van der Waals surface area contributed by atoms with Crippen molar-refractivity contribution < 1.29 is 12.8 Å². The van der Waals surface area contributed by atoms with E-state index in [2.05, 4.69) is 5.92 Å². The zero-order valence-electron chi connectivity index (χ0n) is 9.77. The number of nitrogens with zero attached hydrogens (tertiary/aromatic N) is 1. The lowest BCUT2D eigenvalue weighted by Gasteiger charge is -2.14. The summed E-state index contributed by atoms with van der Waals surface area (Å²) in [6.07, 6.45) is 5.05. The SMILES string of the molecule is C#CCN(C)S(=O)(=O)Cc1ccc(C)c(F)c1.